The Balaban J connectivity index is 2.16. The average molecular weight is 198 g/mol. The van der Waals surface area contributed by atoms with E-state index in [9.17, 15) is 5.11 Å². The van der Waals surface area contributed by atoms with Crippen molar-refractivity contribution in [3.63, 3.8) is 0 Å². The average Bonchev–Trinajstić information content (AvgIpc) is 2.73. The molecule has 0 aromatic carbocycles. The zero-order valence-corrected chi connectivity index (χ0v) is 8.51. The van der Waals surface area contributed by atoms with Crippen LogP contribution in [0.4, 0.5) is 0 Å². The molecule has 1 aromatic heterocycles. The maximum absolute atomic E-state index is 10.1. The van der Waals surface area contributed by atoms with Crippen molar-refractivity contribution in [2.24, 2.45) is 0 Å². The van der Waals surface area contributed by atoms with E-state index < -0.39 is 6.10 Å². The number of rotatable bonds is 2. The van der Waals surface area contributed by atoms with Crippen molar-refractivity contribution in [1.29, 1.82) is 0 Å². The molecule has 0 radical (unpaired) electrons. The molecule has 13 heavy (non-hydrogen) atoms. The van der Waals surface area contributed by atoms with Gasteiger partial charge in [0.05, 0.1) is 5.60 Å². The predicted molar refractivity (Wildman–Crippen MR) is 52.9 cm³/mol. The molecule has 0 spiro atoms. The molecule has 0 saturated carbocycles. The Kier molecular flexibility index (Phi) is 2.41. The maximum Gasteiger partial charge on any atom is 0.117 e. The molecule has 72 valence electrons. The van der Waals surface area contributed by atoms with Gasteiger partial charge in [-0.05, 0) is 31.2 Å². The van der Waals surface area contributed by atoms with E-state index >= 15 is 0 Å². The molecule has 1 N–H and O–H groups in total. The van der Waals surface area contributed by atoms with Gasteiger partial charge in [0, 0.05) is 11.5 Å². The predicted octanol–water partition coefficient (Wildman–Crippen LogP) is 2.35. The lowest BCUT2D eigenvalue weighted by Crippen LogP contribution is -2.31. The van der Waals surface area contributed by atoms with E-state index in [1.807, 2.05) is 24.4 Å². The second kappa shape index (κ2) is 3.40. The molecule has 3 heteroatoms. The molecule has 1 saturated heterocycles. The summed E-state index contributed by atoms with van der Waals surface area (Å²) < 4.78 is 5.58. The fourth-order valence-corrected chi connectivity index (χ4v) is 2.61. The summed E-state index contributed by atoms with van der Waals surface area (Å²) in [6.45, 7) is 2.77. The van der Waals surface area contributed by atoms with E-state index in [0.717, 1.165) is 24.3 Å². The highest BCUT2D eigenvalue weighted by Crippen LogP contribution is 2.38. The van der Waals surface area contributed by atoms with Gasteiger partial charge in [-0.3, -0.25) is 0 Å². The summed E-state index contributed by atoms with van der Waals surface area (Å²) in [6.07, 6.45) is 1.54. The summed E-state index contributed by atoms with van der Waals surface area (Å²) in [5, 5.41) is 12.0. The van der Waals surface area contributed by atoms with E-state index in [2.05, 4.69) is 0 Å². The minimum Gasteiger partial charge on any atom is -0.385 e. The molecular formula is C10H14O2S. The number of aliphatic hydroxyl groups excluding tert-OH is 1. The van der Waals surface area contributed by atoms with Crippen molar-refractivity contribution in [3.8, 4) is 0 Å². The number of thiophene rings is 1. The van der Waals surface area contributed by atoms with E-state index in [-0.39, 0.29) is 5.60 Å². The Labute approximate surface area is 82.2 Å². The second-order valence-electron chi connectivity index (χ2n) is 3.68. The molecule has 1 fully saturated rings. The van der Waals surface area contributed by atoms with Crippen LogP contribution in [0.5, 0.6) is 0 Å². The molecule has 2 heterocycles. The van der Waals surface area contributed by atoms with Crippen LogP contribution in [0.2, 0.25) is 0 Å². The quantitative estimate of drug-likeness (QED) is 0.790. The highest BCUT2D eigenvalue weighted by Gasteiger charge is 2.38. The van der Waals surface area contributed by atoms with Crippen LogP contribution in [0.3, 0.4) is 0 Å². The molecule has 1 aromatic rings. The summed E-state index contributed by atoms with van der Waals surface area (Å²) in [5.74, 6) is 0. The van der Waals surface area contributed by atoms with Crippen LogP contribution in [0, 0.1) is 0 Å². The first-order valence-corrected chi connectivity index (χ1v) is 5.46. The smallest absolute Gasteiger partial charge is 0.117 e. The van der Waals surface area contributed by atoms with Crippen molar-refractivity contribution in [2.75, 3.05) is 6.61 Å². The van der Waals surface area contributed by atoms with Gasteiger partial charge in [0.15, 0.2) is 0 Å². The molecule has 2 atom stereocenters. The number of hydrogen-bond acceptors (Lipinski definition) is 3. The molecule has 0 aliphatic carbocycles. The molecule has 2 unspecified atom stereocenters. The highest BCUT2D eigenvalue weighted by atomic mass is 32.1. The Morgan fingerprint density at radius 2 is 2.54 bits per heavy atom. The van der Waals surface area contributed by atoms with Gasteiger partial charge < -0.3 is 9.84 Å². The summed E-state index contributed by atoms with van der Waals surface area (Å²) in [5.41, 5.74) is -0.356. The fraction of sp³-hybridized carbons (Fsp3) is 0.600. The van der Waals surface area contributed by atoms with Gasteiger partial charge in [0.1, 0.15) is 6.10 Å². The van der Waals surface area contributed by atoms with Gasteiger partial charge in [-0.15, -0.1) is 11.3 Å². The summed E-state index contributed by atoms with van der Waals surface area (Å²) >= 11 is 1.59. The Bertz CT molecular complexity index is 262. The van der Waals surface area contributed by atoms with E-state index in [4.69, 9.17) is 4.74 Å². The van der Waals surface area contributed by atoms with Crippen LogP contribution >= 0.6 is 11.3 Å². The lowest BCUT2D eigenvalue weighted by molar-refractivity contribution is -0.0781. The number of ether oxygens (including phenoxy) is 1. The minimum atomic E-state index is -0.463. The SMILES string of the molecule is CC1(C(O)c2cccs2)CCCO1. The van der Waals surface area contributed by atoms with Gasteiger partial charge in [-0.1, -0.05) is 6.07 Å². The van der Waals surface area contributed by atoms with Crippen molar-refractivity contribution in [2.45, 2.75) is 31.5 Å². The minimum absolute atomic E-state index is 0.356. The Morgan fingerprint density at radius 3 is 3.08 bits per heavy atom. The van der Waals surface area contributed by atoms with E-state index in [1.165, 1.54) is 0 Å². The topological polar surface area (TPSA) is 29.5 Å². The lowest BCUT2D eigenvalue weighted by atomic mass is 9.94. The molecule has 0 bridgehead atoms. The van der Waals surface area contributed by atoms with Gasteiger partial charge >= 0.3 is 0 Å². The normalized spacial score (nSPS) is 30.6. The van der Waals surface area contributed by atoms with E-state index in [1.54, 1.807) is 11.3 Å². The monoisotopic (exact) mass is 198 g/mol. The van der Waals surface area contributed by atoms with Crippen LogP contribution in [-0.4, -0.2) is 17.3 Å². The summed E-state index contributed by atoms with van der Waals surface area (Å²) in [6, 6.07) is 3.92. The Morgan fingerprint density at radius 1 is 1.69 bits per heavy atom. The van der Waals surface area contributed by atoms with E-state index in [0.29, 0.717) is 0 Å². The highest BCUT2D eigenvalue weighted by molar-refractivity contribution is 7.10. The molecular weight excluding hydrogens is 184 g/mol. The lowest BCUT2D eigenvalue weighted by Gasteiger charge is -2.28. The zero-order chi connectivity index (χ0) is 9.31. The zero-order valence-electron chi connectivity index (χ0n) is 7.69. The third kappa shape index (κ3) is 1.64. The molecule has 2 nitrogen and oxygen atoms in total. The van der Waals surface area contributed by atoms with Crippen molar-refractivity contribution in [3.05, 3.63) is 22.4 Å². The maximum atomic E-state index is 10.1. The van der Waals surface area contributed by atoms with Crippen LogP contribution in [0.1, 0.15) is 30.7 Å². The van der Waals surface area contributed by atoms with Crippen molar-refractivity contribution in [1.82, 2.24) is 0 Å². The largest absolute Gasteiger partial charge is 0.385 e. The standard InChI is InChI=1S/C10H14O2S/c1-10(5-3-6-12-10)9(11)8-4-2-7-13-8/h2,4,7,9,11H,3,5-6H2,1H3. The first-order chi connectivity index (χ1) is 6.22. The van der Waals surface area contributed by atoms with Gasteiger partial charge in [-0.2, -0.15) is 0 Å². The number of aliphatic hydroxyl groups is 1. The third-order valence-electron chi connectivity index (χ3n) is 2.64. The third-order valence-corrected chi connectivity index (χ3v) is 3.57. The van der Waals surface area contributed by atoms with Crippen molar-refractivity contribution >= 4 is 11.3 Å². The number of hydrogen-bond donors (Lipinski definition) is 1. The van der Waals surface area contributed by atoms with Crippen LogP contribution in [0.15, 0.2) is 17.5 Å². The van der Waals surface area contributed by atoms with Gasteiger partial charge in [-0.25, -0.2) is 0 Å². The molecule has 1 aliphatic rings. The second-order valence-corrected chi connectivity index (χ2v) is 4.66. The van der Waals surface area contributed by atoms with Crippen LogP contribution in [0.25, 0.3) is 0 Å². The van der Waals surface area contributed by atoms with Gasteiger partial charge in [0.25, 0.3) is 0 Å². The summed E-state index contributed by atoms with van der Waals surface area (Å²) in [7, 11) is 0. The van der Waals surface area contributed by atoms with Crippen molar-refractivity contribution < 1.29 is 9.84 Å². The van der Waals surface area contributed by atoms with Crippen LogP contribution in [-0.2, 0) is 4.74 Å². The molecule has 0 amide bonds. The Hall–Kier alpha value is -0.380. The van der Waals surface area contributed by atoms with Gasteiger partial charge in [0.2, 0.25) is 0 Å². The molecule has 2 rings (SSSR count). The first-order valence-electron chi connectivity index (χ1n) is 4.58. The first kappa shape index (κ1) is 9.19. The van der Waals surface area contributed by atoms with Crippen LogP contribution < -0.4 is 0 Å². The summed E-state index contributed by atoms with van der Waals surface area (Å²) in [4.78, 5) is 1.00. The fourth-order valence-electron chi connectivity index (χ4n) is 1.76. The molecule has 1 aliphatic heterocycles.